The van der Waals surface area contributed by atoms with Gasteiger partial charge in [-0.3, -0.25) is 4.98 Å². The van der Waals surface area contributed by atoms with E-state index in [0.717, 1.165) is 12.1 Å². The van der Waals surface area contributed by atoms with E-state index in [4.69, 9.17) is 12.2 Å². The molecule has 6 heteroatoms. The van der Waals surface area contributed by atoms with Gasteiger partial charge in [-0.25, -0.2) is 0 Å². The average Bonchev–Trinajstić information content (AvgIpc) is 3.27. The number of hydrogen-bond donors (Lipinski definition) is 2. The van der Waals surface area contributed by atoms with Crippen LogP contribution in [0.3, 0.4) is 0 Å². The molecule has 2 N–H and O–H groups in total. The lowest BCUT2D eigenvalue weighted by Gasteiger charge is -2.28. The maximum atomic E-state index is 9.44. The van der Waals surface area contributed by atoms with Crippen molar-refractivity contribution in [2.24, 2.45) is 0 Å². The summed E-state index contributed by atoms with van der Waals surface area (Å²) in [5.74, 6) is 0. The Morgan fingerprint density at radius 2 is 1.90 bits per heavy atom. The smallest absolute Gasteiger partial charge is 0.170 e. The van der Waals surface area contributed by atoms with E-state index in [-0.39, 0.29) is 18.7 Å². The average molecular weight is 435 g/mol. The van der Waals surface area contributed by atoms with Crippen LogP contribution in [0.15, 0.2) is 54.7 Å². The van der Waals surface area contributed by atoms with Gasteiger partial charge in [0.25, 0.3) is 0 Å². The molecule has 0 aliphatic carbocycles. The van der Waals surface area contributed by atoms with Crippen molar-refractivity contribution < 1.29 is 5.11 Å². The maximum absolute atomic E-state index is 9.44. The third-order valence-electron chi connectivity index (χ3n) is 6.15. The second kappa shape index (κ2) is 9.20. The Kier molecular flexibility index (Phi) is 6.39. The van der Waals surface area contributed by atoms with Gasteiger partial charge in [-0.05, 0) is 80.4 Å². The number of nitrogens with one attached hydrogen (secondary N) is 1. The van der Waals surface area contributed by atoms with Gasteiger partial charge in [0, 0.05) is 36.4 Å². The van der Waals surface area contributed by atoms with Crippen molar-refractivity contribution in [1.82, 2.24) is 19.8 Å². The van der Waals surface area contributed by atoms with Gasteiger partial charge in [0.1, 0.15) is 0 Å². The molecule has 0 spiro atoms. The molecule has 1 aromatic carbocycles. The summed E-state index contributed by atoms with van der Waals surface area (Å²) in [5.41, 5.74) is 7.10. The summed E-state index contributed by atoms with van der Waals surface area (Å²) in [6, 6.07) is 17.0. The van der Waals surface area contributed by atoms with Crippen molar-refractivity contribution in [1.29, 1.82) is 0 Å². The van der Waals surface area contributed by atoms with Gasteiger partial charge in [-0.1, -0.05) is 25.1 Å². The molecule has 31 heavy (non-hydrogen) atoms. The highest BCUT2D eigenvalue weighted by Crippen LogP contribution is 2.41. The molecule has 3 heterocycles. The Morgan fingerprint density at radius 3 is 2.55 bits per heavy atom. The summed E-state index contributed by atoms with van der Waals surface area (Å²) in [7, 11) is 0. The van der Waals surface area contributed by atoms with E-state index in [2.05, 4.69) is 70.9 Å². The first-order valence-corrected chi connectivity index (χ1v) is 11.3. The Hall–Kier alpha value is -2.70. The predicted molar refractivity (Wildman–Crippen MR) is 128 cm³/mol. The van der Waals surface area contributed by atoms with E-state index < -0.39 is 0 Å². The molecule has 1 aliphatic rings. The first kappa shape index (κ1) is 21.5. The van der Waals surface area contributed by atoms with Gasteiger partial charge >= 0.3 is 0 Å². The molecule has 0 radical (unpaired) electrons. The third kappa shape index (κ3) is 4.10. The zero-order chi connectivity index (χ0) is 22.0. The molecule has 0 bridgehead atoms. The zero-order valence-electron chi connectivity index (χ0n) is 18.4. The molecule has 3 aromatic rings. The van der Waals surface area contributed by atoms with E-state index in [9.17, 15) is 5.11 Å². The molecular formula is C25H30N4OS. The summed E-state index contributed by atoms with van der Waals surface area (Å²) in [5, 5.41) is 13.6. The van der Waals surface area contributed by atoms with Crippen LogP contribution in [0.4, 0.5) is 0 Å². The number of aliphatic hydroxyl groups is 1. The van der Waals surface area contributed by atoms with Crippen LogP contribution in [0.5, 0.6) is 0 Å². The van der Waals surface area contributed by atoms with Crippen LogP contribution >= 0.6 is 12.2 Å². The van der Waals surface area contributed by atoms with Gasteiger partial charge in [0.2, 0.25) is 0 Å². The lowest BCUT2D eigenvalue weighted by atomic mass is 9.96. The van der Waals surface area contributed by atoms with E-state index in [1.54, 1.807) is 0 Å². The number of rotatable bonds is 7. The summed E-state index contributed by atoms with van der Waals surface area (Å²) in [4.78, 5) is 6.82. The molecule has 1 saturated heterocycles. The number of thiocarbonyl (C=S) groups is 1. The molecule has 0 unspecified atom stereocenters. The minimum atomic E-state index is -0.0381. The van der Waals surface area contributed by atoms with Crippen LogP contribution in [0, 0.1) is 13.8 Å². The number of aryl methyl sites for hydroxylation is 2. The normalized spacial score (nSPS) is 18.5. The molecule has 0 amide bonds. The fourth-order valence-electron chi connectivity index (χ4n) is 4.59. The molecule has 5 nitrogen and oxygen atoms in total. The van der Waals surface area contributed by atoms with E-state index in [0.29, 0.717) is 18.1 Å². The monoisotopic (exact) mass is 434 g/mol. The van der Waals surface area contributed by atoms with Crippen LogP contribution in [-0.2, 0) is 6.42 Å². The van der Waals surface area contributed by atoms with Crippen LogP contribution in [0.25, 0.3) is 5.69 Å². The lowest BCUT2D eigenvalue weighted by molar-refractivity contribution is 0.247. The molecule has 162 valence electrons. The number of pyridine rings is 1. The van der Waals surface area contributed by atoms with Gasteiger partial charge < -0.3 is 19.9 Å². The number of aliphatic hydroxyl groups excluding tert-OH is 1. The number of nitrogens with zero attached hydrogens (tertiary/aromatic N) is 3. The zero-order valence-corrected chi connectivity index (χ0v) is 19.2. The number of aromatic nitrogens is 2. The number of benzene rings is 1. The summed E-state index contributed by atoms with van der Waals surface area (Å²) in [6.07, 6.45) is 3.53. The molecule has 2 atom stereocenters. The molecule has 2 aromatic heterocycles. The Balaban J connectivity index is 1.79. The second-order valence-electron chi connectivity index (χ2n) is 8.08. The highest BCUT2D eigenvalue weighted by molar-refractivity contribution is 7.80. The van der Waals surface area contributed by atoms with E-state index in [1.165, 1.54) is 28.2 Å². The van der Waals surface area contributed by atoms with Crippen molar-refractivity contribution in [2.75, 3.05) is 13.2 Å². The Labute approximate surface area is 189 Å². The molecule has 4 rings (SSSR count). The first-order valence-electron chi connectivity index (χ1n) is 10.9. The van der Waals surface area contributed by atoms with Crippen molar-refractivity contribution in [3.8, 4) is 5.69 Å². The topological polar surface area (TPSA) is 53.3 Å². The van der Waals surface area contributed by atoms with Crippen molar-refractivity contribution >= 4 is 17.3 Å². The predicted octanol–water partition coefficient (Wildman–Crippen LogP) is 4.41. The number of hydrogen-bond acceptors (Lipinski definition) is 3. The third-order valence-corrected chi connectivity index (χ3v) is 6.50. The fraction of sp³-hybridized carbons (Fsp3) is 0.360. The highest BCUT2D eigenvalue weighted by Gasteiger charge is 2.41. The van der Waals surface area contributed by atoms with Gasteiger partial charge in [-0.15, -0.1) is 0 Å². The maximum Gasteiger partial charge on any atom is 0.170 e. The van der Waals surface area contributed by atoms with Crippen LogP contribution < -0.4 is 5.32 Å². The van der Waals surface area contributed by atoms with Gasteiger partial charge in [-0.2, -0.15) is 0 Å². The van der Waals surface area contributed by atoms with E-state index >= 15 is 0 Å². The van der Waals surface area contributed by atoms with Gasteiger partial charge in [0.15, 0.2) is 5.11 Å². The van der Waals surface area contributed by atoms with Crippen molar-refractivity contribution in [3.05, 3.63) is 82.9 Å². The molecule has 1 aliphatic heterocycles. The second-order valence-corrected chi connectivity index (χ2v) is 8.47. The van der Waals surface area contributed by atoms with E-state index in [1.807, 2.05) is 24.4 Å². The lowest BCUT2D eigenvalue weighted by Crippen LogP contribution is -2.31. The highest BCUT2D eigenvalue weighted by atomic mass is 32.1. The quantitative estimate of drug-likeness (QED) is 0.540. The summed E-state index contributed by atoms with van der Waals surface area (Å²) >= 11 is 5.71. The molecular weight excluding hydrogens is 404 g/mol. The summed E-state index contributed by atoms with van der Waals surface area (Å²) in [6.45, 7) is 7.35. The SMILES string of the molecule is CCc1ccc(-n2c(C)cc([C@H]3[C@@H](c4ccccn4)NC(=S)N3CCCO)c2C)cc1. The Morgan fingerprint density at radius 1 is 1.13 bits per heavy atom. The first-order chi connectivity index (χ1) is 15.0. The van der Waals surface area contributed by atoms with Gasteiger partial charge in [0.05, 0.1) is 17.8 Å². The standard InChI is InChI=1S/C25H30N4OS/c1-4-19-9-11-20(12-10-19)29-17(2)16-21(18(29)3)24-23(22-8-5-6-13-26-22)27-25(31)28(24)14-7-15-30/h5-6,8-13,16,23-24,30H,4,7,14-15H2,1-3H3,(H,27,31)/t23-,24+/m1/s1. The molecule has 0 saturated carbocycles. The van der Waals surface area contributed by atoms with Crippen molar-refractivity contribution in [3.63, 3.8) is 0 Å². The van der Waals surface area contributed by atoms with Crippen LogP contribution in [-0.4, -0.2) is 37.8 Å². The fourth-order valence-corrected chi connectivity index (χ4v) is 4.92. The minimum absolute atomic E-state index is 0.0174. The Bertz CT molecular complexity index is 1050. The molecule has 1 fully saturated rings. The summed E-state index contributed by atoms with van der Waals surface area (Å²) < 4.78 is 2.32. The largest absolute Gasteiger partial charge is 0.396 e. The minimum Gasteiger partial charge on any atom is -0.396 e. The van der Waals surface area contributed by atoms with Crippen LogP contribution in [0.1, 0.15) is 53.6 Å². The van der Waals surface area contributed by atoms with Crippen molar-refractivity contribution in [2.45, 2.75) is 45.7 Å². The van der Waals surface area contributed by atoms with Crippen LogP contribution in [0.2, 0.25) is 0 Å².